The summed E-state index contributed by atoms with van der Waals surface area (Å²) in [6.07, 6.45) is -1.28. The number of halogens is 1. The Kier molecular flexibility index (Phi) is 17.2. The number of rotatable bonds is 9. The van der Waals surface area contributed by atoms with E-state index in [0.717, 1.165) is 0 Å². The summed E-state index contributed by atoms with van der Waals surface area (Å²) in [4.78, 5) is 88.8. The molecule has 0 saturated carbocycles. The molecular weight excluding hydrogens is 732 g/mol. The Morgan fingerprint density at radius 2 is 1.64 bits per heavy atom. The van der Waals surface area contributed by atoms with Crippen LogP contribution in [-0.4, -0.2) is 120 Å². The molecule has 0 bridgehead atoms. The molecule has 5 amide bonds. The summed E-state index contributed by atoms with van der Waals surface area (Å²) in [7, 11) is 3.01. The number of benzene rings is 1. The maximum atomic E-state index is 14.4. The highest BCUT2D eigenvalue weighted by Crippen LogP contribution is 2.25. The summed E-state index contributed by atoms with van der Waals surface area (Å²) >= 11 is 6.07. The lowest BCUT2D eigenvalue weighted by molar-refractivity contribution is -0.161. The number of nitrogens with one attached hydrogen (secondary N) is 4. The van der Waals surface area contributed by atoms with Gasteiger partial charge in [-0.25, -0.2) is 9.63 Å². The topological polar surface area (TPSA) is 196 Å². The first kappa shape index (κ1) is 45.4. The highest BCUT2D eigenvalue weighted by Gasteiger charge is 2.43. The zero-order valence-electron chi connectivity index (χ0n) is 33.6. The Bertz CT molecular complexity index is 1490. The highest BCUT2D eigenvalue weighted by atomic mass is 35.5. The van der Waals surface area contributed by atoms with Gasteiger partial charge in [0, 0.05) is 20.0 Å². The molecule has 2 heterocycles. The van der Waals surface area contributed by atoms with Crippen LogP contribution in [-0.2, 0) is 39.9 Å². The Hall–Kier alpha value is -3.95. The fourth-order valence-corrected chi connectivity index (χ4v) is 7.36. The summed E-state index contributed by atoms with van der Waals surface area (Å²) in [5.74, 6) is -3.78. The fraction of sp³-hybridized carbons (Fsp3) is 0.692. The fourth-order valence-electron chi connectivity index (χ4n) is 7.08. The number of hydrogen-bond donors (Lipinski definition) is 5. The monoisotopic (exact) mass is 792 g/mol. The third-order valence-electron chi connectivity index (χ3n) is 10.6. The van der Waals surface area contributed by atoms with E-state index in [1.807, 2.05) is 20.8 Å². The van der Waals surface area contributed by atoms with Crippen molar-refractivity contribution in [2.75, 3.05) is 20.7 Å². The number of ether oxygens (including phenoxy) is 2. The number of aliphatic hydroxyl groups is 1. The Balaban J connectivity index is 2.12. The first-order chi connectivity index (χ1) is 25.9. The second kappa shape index (κ2) is 20.8. The van der Waals surface area contributed by atoms with Gasteiger partial charge >= 0.3 is 5.97 Å². The molecule has 0 aromatic heterocycles. The van der Waals surface area contributed by atoms with Crippen molar-refractivity contribution in [3.05, 3.63) is 29.8 Å². The minimum absolute atomic E-state index is 0.0185. The molecule has 0 radical (unpaired) electrons. The molecule has 2 fully saturated rings. The van der Waals surface area contributed by atoms with Gasteiger partial charge in [-0.15, -0.1) is 0 Å². The smallest absolute Gasteiger partial charge is 0.329 e. The number of methoxy groups -OCH3 is 1. The van der Waals surface area contributed by atoms with Crippen molar-refractivity contribution in [2.24, 2.45) is 17.8 Å². The lowest BCUT2D eigenvalue weighted by Crippen LogP contribution is -2.59. The molecule has 2 aliphatic heterocycles. The summed E-state index contributed by atoms with van der Waals surface area (Å²) in [5.41, 5.74) is 0.692. The average Bonchev–Trinajstić information content (AvgIpc) is 3.63. The van der Waals surface area contributed by atoms with E-state index in [-0.39, 0.29) is 31.2 Å². The van der Waals surface area contributed by atoms with E-state index in [0.29, 0.717) is 30.6 Å². The van der Waals surface area contributed by atoms with Crippen LogP contribution in [0.15, 0.2) is 24.3 Å². The third-order valence-corrected chi connectivity index (χ3v) is 10.9. The van der Waals surface area contributed by atoms with Crippen molar-refractivity contribution in [2.45, 2.75) is 135 Å². The Morgan fingerprint density at radius 1 is 0.982 bits per heavy atom. The number of fused-ring (bicyclic) bond motifs is 1. The van der Waals surface area contributed by atoms with Gasteiger partial charge in [0.25, 0.3) is 0 Å². The SMILES string of the molecule is CC[C@H](C)[C@H]1NC(=O)[C@@H](NCl)[C@@H](C)OC(=O)[C@H](Cc2ccc(OC)cc2)N(C)C(=O)C2CCCN2C(=O)[C@H](CC(C)C)NC(=O)[C@H](C(C)C)NC(=O)C[C@@H]1O. The minimum Gasteiger partial charge on any atom is -0.497 e. The van der Waals surface area contributed by atoms with Gasteiger partial charge in [0.1, 0.15) is 42.1 Å². The molecule has 16 heteroatoms. The van der Waals surface area contributed by atoms with Crippen LogP contribution in [0.1, 0.15) is 86.1 Å². The van der Waals surface area contributed by atoms with Crippen molar-refractivity contribution < 1.29 is 43.3 Å². The highest BCUT2D eigenvalue weighted by molar-refractivity contribution is 6.15. The molecule has 0 aliphatic carbocycles. The minimum atomic E-state index is -1.37. The van der Waals surface area contributed by atoms with E-state index in [2.05, 4.69) is 20.8 Å². The molecular formula is C39H61ClN6O9. The van der Waals surface area contributed by atoms with Crippen LogP contribution in [0.5, 0.6) is 5.75 Å². The van der Waals surface area contributed by atoms with Crippen molar-refractivity contribution >= 4 is 47.3 Å². The van der Waals surface area contributed by atoms with Crippen molar-refractivity contribution in [1.29, 1.82) is 0 Å². The molecule has 2 aliphatic rings. The summed E-state index contributed by atoms with van der Waals surface area (Å²) < 4.78 is 11.1. The zero-order chi connectivity index (χ0) is 41.1. The number of carbonyl (C=O) groups excluding carboxylic acids is 6. The summed E-state index contributed by atoms with van der Waals surface area (Å²) in [6, 6.07) is 0.592. The van der Waals surface area contributed by atoms with Gasteiger partial charge < -0.3 is 40.3 Å². The number of hydrogen-bond acceptors (Lipinski definition) is 10. The molecule has 9 atom stereocenters. The lowest BCUT2D eigenvalue weighted by Gasteiger charge is -2.35. The Morgan fingerprint density at radius 3 is 2.20 bits per heavy atom. The van der Waals surface area contributed by atoms with Crippen molar-refractivity contribution in [3.8, 4) is 5.75 Å². The first-order valence-electron chi connectivity index (χ1n) is 19.3. The molecule has 2 saturated heterocycles. The third kappa shape index (κ3) is 12.0. The second-order valence-corrected chi connectivity index (χ2v) is 15.8. The van der Waals surface area contributed by atoms with E-state index >= 15 is 0 Å². The van der Waals surface area contributed by atoms with Crippen LogP contribution in [0, 0.1) is 17.8 Å². The van der Waals surface area contributed by atoms with E-state index < -0.39 is 96.3 Å². The van der Waals surface area contributed by atoms with Gasteiger partial charge in [-0.1, -0.05) is 60.1 Å². The maximum absolute atomic E-state index is 14.4. The van der Waals surface area contributed by atoms with Gasteiger partial charge in [-0.05, 0) is 73.4 Å². The molecule has 3 rings (SSSR count). The number of nitrogens with zero attached hydrogens (tertiary/aromatic N) is 2. The second-order valence-electron chi connectivity index (χ2n) is 15.6. The molecule has 1 aromatic rings. The van der Waals surface area contributed by atoms with E-state index in [1.165, 1.54) is 30.9 Å². The van der Waals surface area contributed by atoms with Gasteiger partial charge in [-0.2, -0.15) is 0 Å². The van der Waals surface area contributed by atoms with Crippen molar-refractivity contribution in [3.63, 3.8) is 0 Å². The van der Waals surface area contributed by atoms with Crippen molar-refractivity contribution in [1.82, 2.24) is 30.6 Å². The first-order valence-corrected chi connectivity index (χ1v) is 19.7. The number of carbonyl (C=O) groups is 6. The van der Waals surface area contributed by atoms with Crippen LogP contribution in [0.25, 0.3) is 0 Å². The number of esters is 1. The van der Waals surface area contributed by atoms with Crippen LogP contribution in [0.3, 0.4) is 0 Å². The van der Waals surface area contributed by atoms with Gasteiger partial charge in [0.2, 0.25) is 29.5 Å². The predicted molar refractivity (Wildman–Crippen MR) is 206 cm³/mol. The standard InChI is InChI=1S/C39H61ClN6O9/c1-10-23(6)33-30(47)20-31(48)42-32(22(4)5)35(49)41-27(18-21(2)3)37(51)46-17-11-12-28(46)38(52)45(8)29(19-25-13-15-26(54-9)16-14-25)39(53)55-24(7)34(44-40)36(50)43-33/h13-16,21-24,27-30,32-34,44,47H,10-12,17-20H2,1-9H3,(H,41,49)(H,42,48)(H,43,50)/t23-,24+,27-,28?,29-,30-,32-,33+,34-/m0/s1. The van der Waals surface area contributed by atoms with Crippen LogP contribution in [0.2, 0.25) is 0 Å². The summed E-state index contributed by atoms with van der Waals surface area (Å²) in [6.45, 7) is 12.7. The lowest BCUT2D eigenvalue weighted by atomic mass is 9.91. The number of aliphatic hydroxyl groups excluding tert-OH is 1. The molecule has 0 spiro atoms. The molecule has 308 valence electrons. The average molecular weight is 793 g/mol. The predicted octanol–water partition coefficient (Wildman–Crippen LogP) is 2.07. The molecule has 5 N–H and O–H groups in total. The largest absolute Gasteiger partial charge is 0.497 e. The normalized spacial score (nSPS) is 28.9. The number of amides is 5. The molecule has 55 heavy (non-hydrogen) atoms. The zero-order valence-corrected chi connectivity index (χ0v) is 34.4. The quantitative estimate of drug-likeness (QED) is 0.183. The van der Waals surface area contributed by atoms with E-state index in [4.69, 9.17) is 21.3 Å². The van der Waals surface area contributed by atoms with Crippen LogP contribution >= 0.6 is 11.8 Å². The van der Waals surface area contributed by atoms with Gasteiger partial charge in [0.15, 0.2) is 0 Å². The Labute approximate surface area is 330 Å². The van der Waals surface area contributed by atoms with Crippen LogP contribution in [0.4, 0.5) is 0 Å². The number of cyclic esters (lactones) is 1. The van der Waals surface area contributed by atoms with E-state index in [9.17, 15) is 33.9 Å². The van der Waals surface area contributed by atoms with Gasteiger partial charge in [-0.3, -0.25) is 24.0 Å². The molecule has 1 aromatic carbocycles. The maximum Gasteiger partial charge on any atom is 0.329 e. The molecule has 15 nitrogen and oxygen atoms in total. The molecule has 1 unspecified atom stereocenters. The number of likely N-dealkylation sites (N-methyl/N-ethyl adjacent to an activating group) is 1. The van der Waals surface area contributed by atoms with Gasteiger partial charge in [0.05, 0.1) is 25.7 Å². The van der Waals surface area contributed by atoms with Crippen LogP contribution < -0.4 is 25.5 Å². The van der Waals surface area contributed by atoms with E-state index in [1.54, 1.807) is 45.0 Å². The summed E-state index contributed by atoms with van der Waals surface area (Å²) in [5, 5.41) is 19.7.